The predicted octanol–water partition coefficient (Wildman–Crippen LogP) is 4.37. The average molecular weight is 542 g/mol. The fourth-order valence-corrected chi connectivity index (χ4v) is 5.47. The predicted molar refractivity (Wildman–Crippen MR) is 149 cm³/mol. The minimum atomic E-state index is -0.515. The maximum atomic E-state index is 13.7. The topological polar surface area (TPSA) is 82.9 Å². The third kappa shape index (κ3) is 4.98. The van der Waals surface area contributed by atoms with Crippen molar-refractivity contribution in [2.24, 2.45) is 0 Å². The molecular formula is C30H29F2N7O. The molecule has 0 amide bonds. The van der Waals surface area contributed by atoms with Gasteiger partial charge in [0, 0.05) is 42.8 Å². The SMILES string of the molecule is Cc1ccc(C)c2[nH]c(=O)c(C(c3nnnn3Cc3ccc(F)cc3)N3CCN(c4ccc(F)cc4)CC3)cc12. The van der Waals surface area contributed by atoms with Crippen LogP contribution < -0.4 is 10.5 Å². The van der Waals surface area contributed by atoms with Crippen molar-refractivity contribution >= 4 is 16.6 Å². The summed E-state index contributed by atoms with van der Waals surface area (Å²) in [6.07, 6.45) is 0. The van der Waals surface area contributed by atoms with Crippen LogP contribution in [0.2, 0.25) is 0 Å². The zero-order valence-corrected chi connectivity index (χ0v) is 22.3. The zero-order valence-electron chi connectivity index (χ0n) is 22.3. The van der Waals surface area contributed by atoms with Gasteiger partial charge >= 0.3 is 0 Å². The van der Waals surface area contributed by atoms with E-state index in [1.807, 2.05) is 26.0 Å². The van der Waals surface area contributed by atoms with Gasteiger partial charge in [0.15, 0.2) is 5.82 Å². The number of aromatic amines is 1. The molecule has 0 spiro atoms. The summed E-state index contributed by atoms with van der Waals surface area (Å²) >= 11 is 0. The molecule has 8 nitrogen and oxygen atoms in total. The number of aryl methyl sites for hydroxylation is 2. The lowest BCUT2D eigenvalue weighted by Crippen LogP contribution is -2.49. The van der Waals surface area contributed by atoms with Crippen LogP contribution in [-0.4, -0.2) is 56.3 Å². The molecular weight excluding hydrogens is 512 g/mol. The Morgan fingerprint density at radius 2 is 1.52 bits per heavy atom. The minimum Gasteiger partial charge on any atom is -0.369 e. The highest BCUT2D eigenvalue weighted by Gasteiger charge is 2.33. The summed E-state index contributed by atoms with van der Waals surface area (Å²) in [5, 5.41) is 13.6. The van der Waals surface area contributed by atoms with Gasteiger partial charge in [-0.2, -0.15) is 0 Å². The molecule has 0 aliphatic carbocycles. The Morgan fingerprint density at radius 3 is 2.23 bits per heavy atom. The highest BCUT2D eigenvalue weighted by molar-refractivity contribution is 5.85. The number of pyridine rings is 1. The summed E-state index contributed by atoms with van der Waals surface area (Å²) in [5.74, 6) is -0.0443. The van der Waals surface area contributed by atoms with Crippen molar-refractivity contribution in [3.8, 4) is 0 Å². The first kappa shape index (κ1) is 25.8. The molecule has 1 aliphatic heterocycles. The van der Waals surface area contributed by atoms with Crippen LogP contribution in [0.3, 0.4) is 0 Å². The van der Waals surface area contributed by atoms with Crippen molar-refractivity contribution < 1.29 is 8.78 Å². The van der Waals surface area contributed by atoms with E-state index in [1.54, 1.807) is 28.9 Å². The molecule has 1 fully saturated rings. The summed E-state index contributed by atoms with van der Waals surface area (Å²) in [7, 11) is 0. The molecule has 0 bridgehead atoms. The Morgan fingerprint density at radius 1 is 0.875 bits per heavy atom. The van der Waals surface area contributed by atoms with Gasteiger partial charge in [0.25, 0.3) is 5.56 Å². The number of halogens is 2. The molecule has 5 aromatic rings. The van der Waals surface area contributed by atoms with Gasteiger partial charge in [-0.1, -0.05) is 24.3 Å². The molecule has 10 heteroatoms. The van der Waals surface area contributed by atoms with Crippen molar-refractivity contribution in [3.63, 3.8) is 0 Å². The Labute approximate surface area is 229 Å². The Kier molecular flexibility index (Phi) is 6.85. The number of H-pyrrole nitrogens is 1. The Hall–Kier alpha value is -4.44. The third-order valence-electron chi connectivity index (χ3n) is 7.69. The van der Waals surface area contributed by atoms with E-state index in [1.165, 1.54) is 24.3 Å². The fourth-order valence-electron chi connectivity index (χ4n) is 5.47. The average Bonchev–Trinajstić information content (AvgIpc) is 3.41. The van der Waals surface area contributed by atoms with E-state index in [4.69, 9.17) is 0 Å². The quantitative estimate of drug-likeness (QED) is 0.344. The number of aromatic nitrogens is 5. The second-order valence-electron chi connectivity index (χ2n) is 10.3. The summed E-state index contributed by atoms with van der Waals surface area (Å²) in [5.41, 5.74) is 5.04. The number of nitrogens with zero attached hydrogens (tertiary/aromatic N) is 6. The van der Waals surface area contributed by atoms with Gasteiger partial charge in [0.2, 0.25) is 0 Å². The van der Waals surface area contributed by atoms with Gasteiger partial charge in [-0.05, 0) is 83.4 Å². The van der Waals surface area contributed by atoms with Crippen molar-refractivity contribution in [1.29, 1.82) is 0 Å². The summed E-state index contributed by atoms with van der Waals surface area (Å²) in [6, 6.07) is 18.2. The molecule has 0 saturated carbocycles. The van der Waals surface area contributed by atoms with E-state index in [0.717, 1.165) is 33.3 Å². The highest BCUT2D eigenvalue weighted by atomic mass is 19.1. The number of anilines is 1. The van der Waals surface area contributed by atoms with Gasteiger partial charge in [0.05, 0.1) is 12.1 Å². The second kappa shape index (κ2) is 10.6. The number of tetrazole rings is 1. The fraction of sp³-hybridized carbons (Fsp3) is 0.267. The van der Waals surface area contributed by atoms with Crippen LogP contribution in [0.5, 0.6) is 0 Å². The molecule has 1 saturated heterocycles. The van der Waals surface area contributed by atoms with Gasteiger partial charge in [-0.15, -0.1) is 5.10 Å². The number of piperazine rings is 1. The normalized spacial score (nSPS) is 15.1. The molecule has 1 N–H and O–H groups in total. The van der Waals surface area contributed by atoms with Crippen molar-refractivity contribution in [3.05, 3.63) is 117 Å². The smallest absolute Gasteiger partial charge is 0.253 e. The maximum Gasteiger partial charge on any atom is 0.253 e. The van der Waals surface area contributed by atoms with Gasteiger partial charge in [-0.3, -0.25) is 9.69 Å². The molecule has 0 radical (unpaired) electrons. The van der Waals surface area contributed by atoms with Gasteiger partial charge in [-0.25, -0.2) is 13.5 Å². The third-order valence-corrected chi connectivity index (χ3v) is 7.69. The summed E-state index contributed by atoms with van der Waals surface area (Å²) in [4.78, 5) is 21.2. The Balaban J connectivity index is 1.40. The molecule has 3 aromatic carbocycles. The number of rotatable bonds is 6. The van der Waals surface area contributed by atoms with E-state index in [-0.39, 0.29) is 17.2 Å². The van der Waals surface area contributed by atoms with E-state index < -0.39 is 6.04 Å². The molecule has 1 aliphatic rings. The lowest BCUT2D eigenvalue weighted by Gasteiger charge is -2.39. The molecule has 40 heavy (non-hydrogen) atoms. The lowest BCUT2D eigenvalue weighted by atomic mass is 9.99. The van der Waals surface area contributed by atoms with E-state index in [0.29, 0.717) is 44.1 Å². The second-order valence-corrected chi connectivity index (χ2v) is 10.3. The van der Waals surface area contributed by atoms with Crippen molar-refractivity contribution in [1.82, 2.24) is 30.1 Å². The van der Waals surface area contributed by atoms with E-state index in [2.05, 4.69) is 36.4 Å². The number of hydrogen-bond donors (Lipinski definition) is 1. The maximum absolute atomic E-state index is 13.7. The van der Waals surface area contributed by atoms with Gasteiger partial charge in [0.1, 0.15) is 17.7 Å². The van der Waals surface area contributed by atoms with Crippen LogP contribution in [0.1, 0.15) is 34.1 Å². The van der Waals surface area contributed by atoms with Crippen LogP contribution in [0.25, 0.3) is 10.9 Å². The van der Waals surface area contributed by atoms with Crippen LogP contribution in [0, 0.1) is 25.5 Å². The Bertz CT molecular complexity index is 1710. The van der Waals surface area contributed by atoms with E-state index in [9.17, 15) is 13.6 Å². The van der Waals surface area contributed by atoms with Crippen LogP contribution in [-0.2, 0) is 6.54 Å². The molecule has 6 rings (SSSR count). The van der Waals surface area contributed by atoms with E-state index >= 15 is 0 Å². The number of hydrogen-bond acceptors (Lipinski definition) is 6. The lowest BCUT2D eigenvalue weighted by molar-refractivity contribution is 0.200. The first-order valence-electron chi connectivity index (χ1n) is 13.3. The number of nitrogens with one attached hydrogen (secondary N) is 1. The monoisotopic (exact) mass is 541 g/mol. The van der Waals surface area contributed by atoms with Crippen molar-refractivity contribution in [2.75, 3.05) is 31.1 Å². The minimum absolute atomic E-state index is 0.191. The standard InChI is InChI=1S/C30H29F2N7O/c1-19-3-4-20(2)27-25(19)17-26(30(40)33-27)28(29-34-35-36-39(29)18-21-5-7-22(31)8-6-21)38-15-13-37(14-16-38)24-11-9-23(32)10-12-24/h3-12,17,28H,13-16,18H2,1-2H3,(H,33,40). The first-order valence-corrected chi connectivity index (χ1v) is 13.3. The molecule has 3 heterocycles. The molecule has 1 unspecified atom stereocenters. The number of benzene rings is 3. The van der Waals surface area contributed by atoms with Crippen LogP contribution in [0.15, 0.2) is 71.5 Å². The van der Waals surface area contributed by atoms with Crippen LogP contribution >= 0.6 is 0 Å². The largest absolute Gasteiger partial charge is 0.369 e. The summed E-state index contributed by atoms with van der Waals surface area (Å²) < 4.78 is 28.7. The molecule has 204 valence electrons. The molecule has 2 aromatic heterocycles. The van der Waals surface area contributed by atoms with Crippen LogP contribution in [0.4, 0.5) is 14.5 Å². The molecule has 1 atom stereocenters. The number of fused-ring (bicyclic) bond motifs is 1. The van der Waals surface area contributed by atoms with Gasteiger partial charge < -0.3 is 9.88 Å². The first-order chi connectivity index (χ1) is 19.4. The summed E-state index contributed by atoms with van der Waals surface area (Å²) in [6.45, 7) is 6.98. The zero-order chi connectivity index (χ0) is 27.8. The highest BCUT2D eigenvalue weighted by Crippen LogP contribution is 2.30. The van der Waals surface area contributed by atoms with Crippen molar-refractivity contribution in [2.45, 2.75) is 26.4 Å².